The summed E-state index contributed by atoms with van der Waals surface area (Å²) in [6.07, 6.45) is 0.744. The largest absolute Gasteiger partial charge is 0.481 e. The van der Waals surface area contributed by atoms with E-state index in [9.17, 15) is 14.7 Å². The number of likely N-dealkylation sites (tertiary alicyclic amines) is 1. The van der Waals surface area contributed by atoms with Crippen molar-refractivity contribution >= 4 is 11.9 Å². The van der Waals surface area contributed by atoms with Crippen molar-refractivity contribution in [2.45, 2.75) is 39.7 Å². The Balaban J connectivity index is 2.49. The van der Waals surface area contributed by atoms with Crippen LogP contribution in [0.5, 0.6) is 0 Å². The van der Waals surface area contributed by atoms with E-state index < -0.39 is 11.9 Å². The van der Waals surface area contributed by atoms with Crippen LogP contribution in [-0.4, -0.2) is 28.4 Å². The second-order valence-electron chi connectivity index (χ2n) is 5.53. The number of aryl methyl sites for hydroxylation is 2. The third-order valence-electron chi connectivity index (χ3n) is 3.95. The number of aliphatic carboxylic acids is 1. The SMILES string of the molecule is CCN1C(=O)CCC(C(=O)O)C1c1cc(C)cc(C)c1. The van der Waals surface area contributed by atoms with Crippen LogP contribution in [0.15, 0.2) is 18.2 Å². The van der Waals surface area contributed by atoms with Gasteiger partial charge in [-0.1, -0.05) is 29.3 Å². The lowest BCUT2D eigenvalue weighted by Gasteiger charge is -2.39. The molecule has 0 aromatic heterocycles. The quantitative estimate of drug-likeness (QED) is 0.922. The van der Waals surface area contributed by atoms with Gasteiger partial charge in [0.25, 0.3) is 0 Å². The van der Waals surface area contributed by atoms with E-state index in [4.69, 9.17) is 0 Å². The Hall–Kier alpha value is -1.84. The molecule has 1 saturated heterocycles. The van der Waals surface area contributed by atoms with E-state index in [2.05, 4.69) is 6.07 Å². The molecule has 1 aromatic carbocycles. The molecule has 1 aliphatic rings. The van der Waals surface area contributed by atoms with Crippen LogP contribution < -0.4 is 0 Å². The van der Waals surface area contributed by atoms with Crippen molar-refractivity contribution in [3.63, 3.8) is 0 Å². The van der Waals surface area contributed by atoms with Crippen LogP contribution in [0.4, 0.5) is 0 Å². The normalized spacial score (nSPS) is 22.9. The number of hydrogen-bond donors (Lipinski definition) is 1. The Labute approximate surface area is 119 Å². The number of piperidine rings is 1. The minimum atomic E-state index is -0.819. The summed E-state index contributed by atoms with van der Waals surface area (Å²) in [6, 6.07) is 5.70. The van der Waals surface area contributed by atoms with Crippen molar-refractivity contribution in [1.82, 2.24) is 4.90 Å². The third kappa shape index (κ3) is 2.69. The van der Waals surface area contributed by atoms with Crippen molar-refractivity contribution in [3.05, 3.63) is 34.9 Å². The molecule has 20 heavy (non-hydrogen) atoms. The van der Waals surface area contributed by atoms with Gasteiger partial charge in [-0.25, -0.2) is 0 Å². The van der Waals surface area contributed by atoms with Crippen molar-refractivity contribution < 1.29 is 14.7 Å². The summed E-state index contributed by atoms with van der Waals surface area (Å²) in [7, 11) is 0. The van der Waals surface area contributed by atoms with Gasteiger partial charge in [0.05, 0.1) is 12.0 Å². The molecule has 1 fully saturated rings. The Kier molecular flexibility index (Phi) is 4.12. The maximum atomic E-state index is 12.1. The first kappa shape index (κ1) is 14.6. The molecule has 1 N–H and O–H groups in total. The Bertz CT molecular complexity index is 516. The molecule has 1 amide bonds. The highest BCUT2D eigenvalue weighted by molar-refractivity contribution is 5.81. The highest BCUT2D eigenvalue weighted by atomic mass is 16.4. The highest BCUT2D eigenvalue weighted by Crippen LogP contribution is 2.37. The number of carbonyl (C=O) groups excluding carboxylic acids is 1. The zero-order valence-corrected chi connectivity index (χ0v) is 12.2. The monoisotopic (exact) mass is 275 g/mol. The fraction of sp³-hybridized carbons (Fsp3) is 0.500. The van der Waals surface area contributed by atoms with Crippen molar-refractivity contribution in [1.29, 1.82) is 0 Å². The molecule has 4 nitrogen and oxygen atoms in total. The van der Waals surface area contributed by atoms with E-state index in [1.807, 2.05) is 32.9 Å². The number of amides is 1. The molecule has 1 heterocycles. The Morgan fingerprint density at radius 2 is 1.90 bits per heavy atom. The van der Waals surface area contributed by atoms with E-state index in [0.29, 0.717) is 19.4 Å². The number of hydrogen-bond acceptors (Lipinski definition) is 2. The van der Waals surface area contributed by atoms with E-state index in [1.54, 1.807) is 4.90 Å². The van der Waals surface area contributed by atoms with Gasteiger partial charge in [0.1, 0.15) is 0 Å². The van der Waals surface area contributed by atoms with E-state index >= 15 is 0 Å². The molecule has 0 saturated carbocycles. The number of nitrogens with zero attached hydrogens (tertiary/aromatic N) is 1. The zero-order valence-electron chi connectivity index (χ0n) is 12.2. The topological polar surface area (TPSA) is 57.6 Å². The van der Waals surface area contributed by atoms with Gasteiger partial charge < -0.3 is 10.0 Å². The van der Waals surface area contributed by atoms with Crippen LogP contribution in [0.2, 0.25) is 0 Å². The molecular formula is C16H21NO3. The predicted molar refractivity (Wildman–Crippen MR) is 76.4 cm³/mol. The van der Waals surface area contributed by atoms with Gasteiger partial charge in [0, 0.05) is 13.0 Å². The van der Waals surface area contributed by atoms with E-state index in [-0.39, 0.29) is 11.9 Å². The van der Waals surface area contributed by atoms with Crippen LogP contribution in [0.3, 0.4) is 0 Å². The molecule has 0 bridgehead atoms. The Morgan fingerprint density at radius 1 is 1.30 bits per heavy atom. The molecule has 0 aliphatic carbocycles. The summed E-state index contributed by atoms with van der Waals surface area (Å²) in [4.78, 5) is 25.3. The molecule has 1 aromatic rings. The number of rotatable bonds is 3. The van der Waals surface area contributed by atoms with Crippen LogP contribution in [0, 0.1) is 19.8 Å². The first-order chi connectivity index (χ1) is 9.43. The summed E-state index contributed by atoms with van der Waals surface area (Å²) in [5.74, 6) is -1.29. The van der Waals surface area contributed by atoms with E-state index in [1.165, 1.54) is 0 Å². The van der Waals surface area contributed by atoms with Crippen LogP contribution >= 0.6 is 0 Å². The molecule has 108 valence electrons. The minimum absolute atomic E-state index is 0.0501. The van der Waals surface area contributed by atoms with Gasteiger partial charge in [-0.3, -0.25) is 9.59 Å². The smallest absolute Gasteiger partial charge is 0.308 e. The molecular weight excluding hydrogens is 254 g/mol. The van der Waals surface area contributed by atoms with Gasteiger partial charge in [0.2, 0.25) is 5.91 Å². The number of carboxylic acids is 1. The lowest BCUT2D eigenvalue weighted by atomic mass is 9.83. The number of carboxylic acid groups (broad SMARTS) is 1. The first-order valence-corrected chi connectivity index (χ1v) is 7.04. The highest BCUT2D eigenvalue weighted by Gasteiger charge is 2.40. The lowest BCUT2D eigenvalue weighted by Crippen LogP contribution is -2.45. The fourth-order valence-corrected chi connectivity index (χ4v) is 3.18. The standard InChI is InChI=1S/C16H21NO3/c1-4-17-14(18)6-5-13(16(19)20)15(17)12-8-10(2)7-11(3)9-12/h7-9,13,15H,4-6H2,1-3H3,(H,19,20). The van der Waals surface area contributed by atoms with Crippen molar-refractivity contribution in [3.8, 4) is 0 Å². The summed E-state index contributed by atoms with van der Waals surface area (Å²) in [5.41, 5.74) is 3.13. The maximum absolute atomic E-state index is 12.1. The summed E-state index contributed by atoms with van der Waals surface area (Å²) in [6.45, 7) is 6.43. The van der Waals surface area contributed by atoms with Gasteiger partial charge in [-0.15, -0.1) is 0 Å². The number of benzene rings is 1. The molecule has 0 radical (unpaired) electrons. The Morgan fingerprint density at radius 3 is 2.40 bits per heavy atom. The van der Waals surface area contributed by atoms with Gasteiger partial charge in [-0.05, 0) is 32.8 Å². The molecule has 4 heteroatoms. The van der Waals surface area contributed by atoms with Crippen molar-refractivity contribution in [2.24, 2.45) is 5.92 Å². The molecule has 0 spiro atoms. The fourth-order valence-electron chi connectivity index (χ4n) is 3.18. The average molecular weight is 275 g/mol. The van der Waals surface area contributed by atoms with Gasteiger partial charge in [0.15, 0.2) is 0 Å². The predicted octanol–water partition coefficient (Wildman–Crippen LogP) is 2.69. The molecule has 2 atom stereocenters. The van der Waals surface area contributed by atoms with E-state index in [0.717, 1.165) is 16.7 Å². The first-order valence-electron chi connectivity index (χ1n) is 7.04. The summed E-state index contributed by atoms with van der Waals surface area (Å²) < 4.78 is 0. The molecule has 1 aliphatic heterocycles. The van der Waals surface area contributed by atoms with Gasteiger partial charge in [-0.2, -0.15) is 0 Å². The summed E-state index contributed by atoms with van der Waals surface area (Å²) in [5, 5.41) is 9.47. The maximum Gasteiger partial charge on any atom is 0.308 e. The average Bonchev–Trinajstić information content (AvgIpc) is 2.36. The minimum Gasteiger partial charge on any atom is -0.481 e. The second-order valence-corrected chi connectivity index (χ2v) is 5.53. The lowest BCUT2D eigenvalue weighted by molar-refractivity contribution is -0.151. The van der Waals surface area contributed by atoms with Crippen LogP contribution in [0.25, 0.3) is 0 Å². The zero-order chi connectivity index (χ0) is 14.9. The van der Waals surface area contributed by atoms with Crippen LogP contribution in [0.1, 0.15) is 42.5 Å². The van der Waals surface area contributed by atoms with Crippen LogP contribution in [-0.2, 0) is 9.59 Å². The third-order valence-corrected chi connectivity index (χ3v) is 3.95. The van der Waals surface area contributed by atoms with Gasteiger partial charge >= 0.3 is 5.97 Å². The van der Waals surface area contributed by atoms with Crippen molar-refractivity contribution in [2.75, 3.05) is 6.54 Å². The number of carbonyl (C=O) groups is 2. The molecule has 2 rings (SSSR count). The second kappa shape index (κ2) is 5.65. The molecule has 2 unspecified atom stereocenters. The summed E-state index contributed by atoms with van der Waals surface area (Å²) >= 11 is 0.